The number of hydrogen-bond acceptors (Lipinski definition) is 6. The molecule has 1 saturated carbocycles. The van der Waals surface area contributed by atoms with E-state index in [-0.39, 0.29) is 36.7 Å². The van der Waals surface area contributed by atoms with Gasteiger partial charge in [0.2, 0.25) is 11.8 Å². The molecule has 0 aromatic heterocycles. The van der Waals surface area contributed by atoms with Gasteiger partial charge >= 0.3 is 0 Å². The van der Waals surface area contributed by atoms with Crippen LogP contribution in [0, 0.1) is 0 Å². The fraction of sp³-hybridized carbons (Fsp3) is 0.765. The molecule has 0 radical (unpaired) electrons. The van der Waals surface area contributed by atoms with Crippen molar-refractivity contribution in [3.8, 4) is 0 Å². The van der Waals surface area contributed by atoms with E-state index >= 15 is 0 Å². The summed E-state index contributed by atoms with van der Waals surface area (Å²) in [5.74, 6) is -0.498. The minimum atomic E-state index is -0.403. The SMILES string of the molecule is C=C(C)CN(COC(C)O[C@H]1CCC[C@@H]1N)C1CCC(=O)NC1=O. The zero-order valence-electron chi connectivity index (χ0n) is 14.6. The van der Waals surface area contributed by atoms with Crippen molar-refractivity contribution < 1.29 is 19.1 Å². The molecule has 2 aliphatic rings. The Kier molecular flexibility index (Phi) is 6.91. The number of nitrogens with one attached hydrogen (secondary N) is 1. The average molecular weight is 339 g/mol. The normalized spacial score (nSPS) is 28.9. The smallest absolute Gasteiger partial charge is 0.243 e. The van der Waals surface area contributed by atoms with E-state index in [0.717, 1.165) is 24.8 Å². The molecule has 136 valence electrons. The Morgan fingerprint density at radius 2 is 2.17 bits per heavy atom. The molecule has 1 saturated heterocycles. The number of nitrogens with two attached hydrogens (primary N) is 1. The molecule has 2 fully saturated rings. The molecule has 7 heteroatoms. The van der Waals surface area contributed by atoms with E-state index in [4.69, 9.17) is 15.2 Å². The molecule has 1 heterocycles. The third-order valence-corrected chi connectivity index (χ3v) is 4.47. The lowest BCUT2D eigenvalue weighted by Gasteiger charge is -2.33. The highest BCUT2D eigenvalue weighted by molar-refractivity contribution is 6.00. The van der Waals surface area contributed by atoms with Crippen molar-refractivity contribution in [1.82, 2.24) is 10.2 Å². The summed E-state index contributed by atoms with van der Waals surface area (Å²) >= 11 is 0. The second-order valence-corrected chi connectivity index (χ2v) is 6.80. The minimum Gasteiger partial charge on any atom is -0.348 e. The molecule has 0 spiro atoms. The Hall–Kier alpha value is -1.28. The maximum Gasteiger partial charge on any atom is 0.243 e. The van der Waals surface area contributed by atoms with Crippen LogP contribution in [0.25, 0.3) is 0 Å². The summed E-state index contributed by atoms with van der Waals surface area (Å²) in [5.41, 5.74) is 6.94. The Morgan fingerprint density at radius 1 is 1.42 bits per heavy atom. The van der Waals surface area contributed by atoms with Gasteiger partial charge in [0.05, 0.1) is 12.1 Å². The van der Waals surface area contributed by atoms with Crippen LogP contribution in [0.5, 0.6) is 0 Å². The van der Waals surface area contributed by atoms with Gasteiger partial charge in [-0.3, -0.25) is 19.8 Å². The van der Waals surface area contributed by atoms with Gasteiger partial charge in [-0.2, -0.15) is 0 Å². The average Bonchev–Trinajstić information content (AvgIpc) is 2.89. The second kappa shape index (κ2) is 8.71. The van der Waals surface area contributed by atoms with Crippen LogP contribution in [0.3, 0.4) is 0 Å². The number of carbonyl (C=O) groups excluding carboxylic acids is 2. The molecule has 2 unspecified atom stereocenters. The highest BCUT2D eigenvalue weighted by Gasteiger charge is 2.32. The first-order valence-corrected chi connectivity index (χ1v) is 8.61. The molecule has 1 aliphatic carbocycles. The summed E-state index contributed by atoms with van der Waals surface area (Å²) in [7, 11) is 0. The number of piperidine rings is 1. The first kappa shape index (κ1) is 19.1. The Morgan fingerprint density at radius 3 is 2.75 bits per heavy atom. The van der Waals surface area contributed by atoms with Crippen LogP contribution in [0.1, 0.15) is 46.0 Å². The van der Waals surface area contributed by atoms with Crippen molar-refractivity contribution in [1.29, 1.82) is 0 Å². The van der Waals surface area contributed by atoms with Gasteiger partial charge in [0, 0.05) is 19.0 Å². The molecule has 2 amide bonds. The summed E-state index contributed by atoms with van der Waals surface area (Å²) in [4.78, 5) is 25.3. The van der Waals surface area contributed by atoms with E-state index in [1.807, 2.05) is 18.7 Å². The number of rotatable bonds is 8. The van der Waals surface area contributed by atoms with Gasteiger partial charge in [-0.05, 0) is 39.5 Å². The maximum atomic E-state index is 12.1. The molecule has 1 aliphatic heterocycles. The number of hydrogen-bond donors (Lipinski definition) is 2. The number of carbonyl (C=O) groups is 2. The number of imide groups is 1. The van der Waals surface area contributed by atoms with Crippen molar-refractivity contribution in [3.63, 3.8) is 0 Å². The van der Waals surface area contributed by atoms with Gasteiger partial charge in [-0.1, -0.05) is 12.2 Å². The predicted molar refractivity (Wildman–Crippen MR) is 89.8 cm³/mol. The summed E-state index contributed by atoms with van der Waals surface area (Å²) in [6, 6.07) is -0.321. The Balaban J connectivity index is 1.87. The van der Waals surface area contributed by atoms with E-state index < -0.39 is 6.29 Å². The van der Waals surface area contributed by atoms with Gasteiger partial charge in [0.25, 0.3) is 0 Å². The Bertz CT molecular complexity index is 482. The lowest BCUT2D eigenvalue weighted by atomic mass is 10.0. The monoisotopic (exact) mass is 339 g/mol. The van der Waals surface area contributed by atoms with Crippen molar-refractivity contribution in [2.45, 2.75) is 70.4 Å². The van der Waals surface area contributed by atoms with E-state index in [9.17, 15) is 9.59 Å². The van der Waals surface area contributed by atoms with Crippen LogP contribution in [-0.4, -0.2) is 54.5 Å². The molecule has 7 nitrogen and oxygen atoms in total. The molecule has 3 N–H and O–H groups in total. The largest absolute Gasteiger partial charge is 0.348 e. The van der Waals surface area contributed by atoms with Gasteiger partial charge in [-0.25, -0.2) is 0 Å². The summed E-state index contributed by atoms with van der Waals surface area (Å²) in [6.07, 6.45) is 3.48. The predicted octanol–water partition coefficient (Wildman–Crippen LogP) is 0.886. The van der Waals surface area contributed by atoms with E-state index in [2.05, 4.69) is 11.9 Å². The van der Waals surface area contributed by atoms with Crippen LogP contribution in [0.15, 0.2) is 12.2 Å². The highest BCUT2D eigenvalue weighted by Crippen LogP contribution is 2.22. The molecule has 0 bridgehead atoms. The summed E-state index contributed by atoms with van der Waals surface area (Å²) < 4.78 is 11.6. The van der Waals surface area contributed by atoms with Crippen molar-refractivity contribution in [2.75, 3.05) is 13.3 Å². The van der Waals surface area contributed by atoms with Crippen molar-refractivity contribution >= 4 is 11.8 Å². The lowest BCUT2D eigenvalue weighted by molar-refractivity contribution is -0.186. The molecule has 2 rings (SSSR count). The van der Waals surface area contributed by atoms with Gasteiger partial charge in [0.1, 0.15) is 6.73 Å². The fourth-order valence-electron chi connectivity index (χ4n) is 3.23. The van der Waals surface area contributed by atoms with Crippen LogP contribution in [0.4, 0.5) is 0 Å². The third kappa shape index (κ3) is 5.37. The Labute approximate surface area is 143 Å². The molecule has 24 heavy (non-hydrogen) atoms. The second-order valence-electron chi connectivity index (χ2n) is 6.80. The first-order valence-electron chi connectivity index (χ1n) is 8.61. The minimum absolute atomic E-state index is 0.0326. The van der Waals surface area contributed by atoms with Crippen molar-refractivity contribution in [2.24, 2.45) is 5.73 Å². The molecular formula is C17H29N3O4. The van der Waals surface area contributed by atoms with Gasteiger partial charge in [-0.15, -0.1) is 0 Å². The quantitative estimate of drug-likeness (QED) is 0.387. The molecular weight excluding hydrogens is 310 g/mol. The zero-order chi connectivity index (χ0) is 17.7. The lowest BCUT2D eigenvalue weighted by Crippen LogP contribution is -2.53. The van der Waals surface area contributed by atoms with E-state index in [1.54, 1.807) is 0 Å². The standard InChI is InChI=1S/C17H29N3O4/c1-11(2)9-20(14-7-8-16(21)19-17(14)22)10-23-12(3)24-15-6-4-5-13(15)18/h12-15H,1,4-10,18H2,2-3H3,(H,19,21,22)/t12?,13-,14?,15-/m0/s1. The zero-order valence-corrected chi connectivity index (χ0v) is 14.6. The fourth-order valence-corrected chi connectivity index (χ4v) is 3.23. The first-order chi connectivity index (χ1) is 11.4. The van der Waals surface area contributed by atoms with Crippen LogP contribution < -0.4 is 11.1 Å². The molecule has 0 aromatic carbocycles. The number of ether oxygens (including phenoxy) is 2. The topological polar surface area (TPSA) is 93.9 Å². The van der Waals surface area contributed by atoms with E-state index in [1.165, 1.54) is 0 Å². The molecule has 4 atom stereocenters. The van der Waals surface area contributed by atoms with Crippen molar-refractivity contribution in [3.05, 3.63) is 12.2 Å². The highest BCUT2D eigenvalue weighted by atomic mass is 16.7. The summed E-state index contributed by atoms with van der Waals surface area (Å²) in [5, 5.41) is 2.38. The number of nitrogens with zero attached hydrogens (tertiary/aromatic N) is 1. The van der Waals surface area contributed by atoms with E-state index in [0.29, 0.717) is 19.4 Å². The van der Waals surface area contributed by atoms with Crippen LogP contribution in [-0.2, 0) is 19.1 Å². The third-order valence-electron chi connectivity index (χ3n) is 4.47. The summed E-state index contributed by atoms with van der Waals surface area (Å²) in [6.45, 7) is 8.42. The maximum absolute atomic E-state index is 12.1. The van der Waals surface area contributed by atoms with Gasteiger partial charge in [0.15, 0.2) is 6.29 Å². The van der Waals surface area contributed by atoms with Crippen LogP contribution >= 0.6 is 0 Å². The van der Waals surface area contributed by atoms with Crippen LogP contribution in [0.2, 0.25) is 0 Å². The number of amides is 2. The molecule has 0 aromatic rings. The van der Waals surface area contributed by atoms with Gasteiger partial charge < -0.3 is 15.2 Å².